The van der Waals surface area contributed by atoms with Crippen molar-refractivity contribution >= 4 is 10.9 Å². The normalized spacial score (nSPS) is 22.6. The van der Waals surface area contributed by atoms with Crippen LogP contribution < -0.4 is 10.3 Å². The molecular weight excluding hydrogens is 230 g/mol. The van der Waals surface area contributed by atoms with Gasteiger partial charge in [0, 0.05) is 18.9 Å². The molecule has 2 heterocycles. The predicted octanol–water partition coefficient (Wildman–Crippen LogP) is 1.74. The zero-order valence-corrected chi connectivity index (χ0v) is 10.4. The molecule has 0 bridgehead atoms. The Labute approximate surface area is 104 Å². The lowest BCUT2D eigenvalue weighted by Crippen LogP contribution is -2.32. The van der Waals surface area contributed by atoms with E-state index in [1.807, 2.05) is 31.2 Å². The van der Waals surface area contributed by atoms with Gasteiger partial charge in [0.2, 0.25) is 0 Å². The van der Waals surface area contributed by atoms with E-state index in [9.17, 15) is 9.90 Å². The van der Waals surface area contributed by atoms with Gasteiger partial charge in [0.15, 0.2) is 6.29 Å². The van der Waals surface area contributed by atoms with E-state index < -0.39 is 6.29 Å². The summed E-state index contributed by atoms with van der Waals surface area (Å²) in [5, 5.41) is 10.6. The monoisotopic (exact) mass is 245 g/mol. The van der Waals surface area contributed by atoms with E-state index >= 15 is 0 Å². The molecule has 0 saturated heterocycles. The third-order valence-electron chi connectivity index (χ3n) is 3.59. The van der Waals surface area contributed by atoms with Crippen molar-refractivity contribution in [3.63, 3.8) is 0 Å². The molecule has 2 aromatic rings. The lowest BCUT2D eigenvalue weighted by Gasteiger charge is -2.28. The largest absolute Gasteiger partial charge is 0.464 e. The van der Waals surface area contributed by atoms with Gasteiger partial charge in [-0.05, 0) is 18.1 Å². The lowest BCUT2D eigenvalue weighted by atomic mass is 9.93. The Morgan fingerprint density at radius 2 is 2.11 bits per heavy atom. The first-order valence-electron chi connectivity index (χ1n) is 6.06. The number of pyridine rings is 1. The van der Waals surface area contributed by atoms with E-state index in [0.29, 0.717) is 17.7 Å². The average Bonchev–Trinajstić information content (AvgIpc) is 2.35. The molecule has 2 unspecified atom stereocenters. The number of fused-ring (bicyclic) bond motifs is 3. The Kier molecular flexibility index (Phi) is 2.41. The Morgan fingerprint density at radius 3 is 2.89 bits per heavy atom. The van der Waals surface area contributed by atoms with Crippen LogP contribution in [0.4, 0.5) is 0 Å². The molecule has 0 saturated carbocycles. The predicted molar refractivity (Wildman–Crippen MR) is 68.9 cm³/mol. The molecule has 18 heavy (non-hydrogen) atoms. The quantitative estimate of drug-likeness (QED) is 0.769. The third-order valence-corrected chi connectivity index (χ3v) is 3.59. The van der Waals surface area contributed by atoms with Crippen LogP contribution in [0.1, 0.15) is 24.8 Å². The number of aryl methyl sites for hydroxylation is 1. The van der Waals surface area contributed by atoms with Crippen molar-refractivity contribution < 1.29 is 9.84 Å². The molecule has 0 amide bonds. The topological polar surface area (TPSA) is 51.5 Å². The van der Waals surface area contributed by atoms with Gasteiger partial charge in [-0.2, -0.15) is 0 Å². The van der Waals surface area contributed by atoms with E-state index in [2.05, 4.69) is 0 Å². The highest BCUT2D eigenvalue weighted by atomic mass is 16.6. The van der Waals surface area contributed by atoms with Gasteiger partial charge in [-0.3, -0.25) is 4.79 Å². The van der Waals surface area contributed by atoms with E-state index in [1.54, 1.807) is 11.6 Å². The Morgan fingerprint density at radius 1 is 1.39 bits per heavy atom. The minimum absolute atomic E-state index is 0.00653. The fraction of sp³-hybridized carbons (Fsp3) is 0.357. The Balaban J connectivity index is 2.46. The van der Waals surface area contributed by atoms with E-state index in [0.717, 1.165) is 10.9 Å². The van der Waals surface area contributed by atoms with Gasteiger partial charge in [-0.1, -0.05) is 19.1 Å². The first-order valence-corrected chi connectivity index (χ1v) is 6.06. The molecular formula is C14H15NO3. The molecule has 0 radical (unpaired) electrons. The molecule has 1 aliphatic heterocycles. The molecule has 0 spiro atoms. The van der Waals surface area contributed by atoms with Gasteiger partial charge in [0.05, 0.1) is 11.1 Å². The zero-order valence-electron chi connectivity index (χ0n) is 10.4. The molecule has 2 atom stereocenters. The van der Waals surface area contributed by atoms with Crippen LogP contribution in [-0.4, -0.2) is 16.0 Å². The average molecular weight is 245 g/mol. The van der Waals surface area contributed by atoms with Crippen LogP contribution in [0.25, 0.3) is 10.9 Å². The number of para-hydroxylation sites is 1. The van der Waals surface area contributed by atoms with Crippen molar-refractivity contribution in [2.24, 2.45) is 7.05 Å². The molecule has 1 aromatic carbocycles. The van der Waals surface area contributed by atoms with E-state index in [1.165, 1.54) is 0 Å². The number of hydrogen-bond donors (Lipinski definition) is 1. The number of benzene rings is 1. The van der Waals surface area contributed by atoms with Crippen LogP contribution in [-0.2, 0) is 7.05 Å². The molecule has 94 valence electrons. The summed E-state index contributed by atoms with van der Waals surface area (Å²) >= 11 is 0. The van der Waals surface area contributed by atoms with Crippen molar-refractivity contribution in [3.8, 4) is 5.75 Å². The summed E-state index contributed by atoms with van der Waals surface area (Å²) in [6.07, 6.45) is -0.372. The molecule has 1 aliphatic rings. The highest BCUT2D eigenvalue weighted by molar-refractivity contribution is 5.87. The maximum atomic E-state index is 12.3. The standard InChI is InChI=1S/C14H15NO3/c1-8-7-11(16)18-13-9-5-3-4-6-10(9)15(2)14(17)12(8)13/h3-6,8,11,16H,7H2,1-2H3. The minimum atomic E-state index is -0.831. The van der Waals surface area contributed by atoms with E-state index in [4.69, 9.17) is 4.74 Å². The van der Waals surface area contributed by atoms with Gasteiger partial charge in [0.1, 0.15) is 5.75 Å². The number of ether oxygens (including phenoxy) is 1. The van der Waals surface area contributed by atoms with Gasteiger partial charge in [-0.25, -0.2) is 0 Å². The number of hydrogen-bond acceptors (Lipinski definition) is 3. The second-order valence-electron chi connectivity index (χ2n) is 4.83. The van der Waals surface area contributed by atoms with Crippen molar-refractivity contribution in [2.45, 2.75) is 25.6 Å². The first kappa shape index (κ1) is 11.3. The molecule has 4 nitrogen and oxygen atoms in total. The number of aliphatic hydroxyl groups excluding tert-OH is 1. The minimum Gasteiger partial charge on any atom is -0.464 e. The first-order chi connectivity index (χ1) is 8.59. The number of nitrogens with zero attached hydrogens (tertiary/aromatic N) is 1. The highest BCUT2D eigenvalue weighted by Gasteiger charge is 2.29. The van der Waals surface area contributed by atoms with Crippen molar-refractivity contribution in [3.05, 3.63) is 40.2 Å². The smallest absolute Gasteiger partial charge is 0.257 e. The SMILES string of the molecule is CC1CC(O)Oc2c1c(=O)n(C)c1ccccc21. The summed E-state index contributed by atoms with van der Waals surface area (Å²) in [5.74, 6) is 0.548. The summed E-state index contributed by atoms with van der Waals surface area (Å²) in [6, 6.07) is 7.59. The molecule has 0 fully saturated rings. The van der Waals surface area contributed by atoms with Crippen LogP contribution >= 0.6 is 0 Å². The highest BCUT2D eigenvalue weighted by Crippen LogP contribution is 2.37. The fourth-order valence-corrected chi connectivity index (χ4v) is 2.66. The Hall–Kier alpha value is -1.81. The van der Waals surface area contributed by atoms with Crippen LogP contribution in [0.3, 0.4) is 0 Å². The molecule has 0 aliphatic carbocycles. The summed E-state index contributed by atoms with van der Waals surface area (Å²) < 4.78 is 7.14. The fourth-order valence-electron chi connectivity index (χ4n) is 2.66. The lowest BCUT2D eigenvalue weighted by molar-refractivity contribution is -0.0367. The van der Waals surface area contributed by atoms with Gasteiger partial charge in [0.25, 0.3) is 5.56 Å². The second-order valence-corrected chi connectivity index (χ2v) is 4.83. The number of rotatable bonds is 0. The zero-order chi connectivity index (χ0) is 12.9. The summed E-state index contributed by atoms with van der Waals surface area (Å²) in [7, 11) is 1.77. The molecule has 3 rings (SSSR count). The van der Waals surface area contributed by atoms with E-state index in [-0.39, 0.29) is 11.5 Å². The number of aliphatic hydroxyl groups is 1. The molecule has 1 N–H and O–H groups in total. The second kappa shape index (κ2) is 3.85. The van der Waals surface area contributed by atoms with Crippen LogP contribution in [0.15, 0.2) is 29.1 Å². The maximum Gasteiger partial charge on any atom is 0.257 e. The summed E-state index contributed by atoms with van der Waals surface area (Å²) in [4.78, 5) is 12.3. The summed E-state index contributed by atoms with van der Waals surface area (Å²) in [6.45, 7) is 1.95. The van der Waals surface area contributed by atoms with Crippen LogP contribution in [0.2, 0.25) is 0 Å². The van der Waals surface area contributed by atoms with Gasteiger partial charge >= 0.3 is 0 Å². The molecule has 1 aromatic heterocycles. The van der Waals surface area contributed by atoms with Crippen molar-refractivity contribution in [2.75, 3.05) is 0 Å². The third kappa shape index (κ3) is 1.46. The molecule has 4 heteroatoms. The van der Waals surface area contributed by atoms with Gasteiger partial charge < -0.3 is 14.4 Å². The Bertz CT molecular complexity index is 675. The number of aromatic nitrogens is 1. The van der Waals surface area contributed by atoms with Crippen molar-refractivity contribution in [1.82, 2.24) is 4.57 Å². The van der Waals surface area contributed by atoms with Crippen LogP contribution in [0.5, 0.6) is 5.75 Å². The summed E-state index contributed by atoms with van der Waals surface area (Å²) in [5.41, 5.74) is 1.45. The van der Waals surface area contributed by atoms with Gasteiger partial charge in [-0.15, -0.1) is 0 Å². The van der Waals surface area contributed by atoms with Crippen molar-refractivity contribution in [1.29, 1.82) is 0 Å². The maximum absolute atomic E-state index is 12.3. The van der Waals surface area contributed by atoms with Crippen LogP contribution in [0, 0.1) is 0 Å².